The van der Waals surface area contributed by atoms with Crippen molar-refractivity contribution in [1.82, 2.24) is 15.5 Å². The molecule has 9 nitrogen and oxygen atoms in total. The number of hydrogen-bond donors (Lipinski definition) is 2. The molecule has 1 saturated carbocycles. The van der Waals surface area contributed by atoms with Crippen LogP contribution in [0.25, 0.3) is 0 Å². The zero-order valence-electron chi connectivity index (χ0n) is 17.0. The van der Waals surface area contributed by atoms with E-state index in [2.05, 4.69) is 10.6 Å². The molecule has 30 heavy (non-hydrogen) atoms. The number of ether oxygens (including phenoxy) is 2. The highest BCUT2D eigenvalue weighted by molar-refractivity contribution is 6.09. The molecule has 2 N–H and O–H groups in total. The van der Waals surface area contributed by atoms with Gasteiger partial charge in [0.25, 0.3) is 11.8 Å². The molecule has 4 amide bonds. The van der Waals surface area contributed by atoms with Crippen molar-refractivity contribution >= 4 is 23.8 Å². The second kappa shape index (κ2) is 9.60. The normalized spacial score (nSPS) is 23.2. The first-order valence-electron chi connectivity index (χ1n) is 10.2. The van der Waals surface area contributed by atoms with Crippen LogP contribution in [0.3, 0.4) is 0 Å². The van der Waals surface area contributed by atoms with E-state index in [0.717, 1.165) is 24.2 Å². The van der Waals surface area contributed by atoms with Crippen molar-refractivity contribution in [3.8, 4) is 5.75 Å². The number of carbonyl (C=O) groups is 4. The Morgan fingerprint density at radius 1 is 1.23 bits per heavy atom. The van der Waals surface area contributed by atoms with E-state index in [-0.39, 0.29) is 25.0 Å². The molecule has 1 aromatic carbocycles. The molecule has 1 spiro atoms. The van der Waals surface area contributed by atoms with Gasteiger partial charge in [0, 0.05) is 0 Å². The van der Waals surface area contributed by atoms with E-state index >= 15 is 0 Å². The average Bonchev–Trinajstić information content (AvgIpc) is 2.97. The van der Waals surface area contributed by atoms with Gasteiger partial charge in [-0.15, -0.1) is 0 Å². The van der Waals surface area contributed by atoms with Crippen LogP contribution in [0.2, 0.25) is 0 Å². The SMILES string of the molecule is C[C@H]1CCCC[C@]12NC(=O)N(CC(=O)OCC(=O)NCCOc1ccccc1)C2=O. The number of nitrogens with one attached hydrogen (secondary N) is 2. The predicted octanol–water partition coefficient (Wildman–Crippen LogP) is 1.23. The maximum absolute atomic E-state index is 12.8. The summed E-state index contributed by atoms with van der Waals surface area (Å²) in [5.41, 5.74) is -0.925. The minimum absolute atomic E-state index is 0.00704. The molecule has 1 aliphatic heterocycles. The van der Waals surface area contributed by atoms with Gasteiger partial charge in [-0.05, 0) is 30.9 Å². The molecular weight excluding hydrogens is 390 g/mol. The number of nitrogens with zero attached hydrogens (tertiary/aromatic N) is 1. The maximum atomic E-state index is 12.8. The van der Waals surface area contributed by atoms with Crippen LogP contribution < -0.4 is 15.4 Å². The van der Waals surface area contributed by atoms with Gasteiger partial charge in [-0.3, -0.25) is 19.3 Å². The van der Waals surface area contributed by atoms with Gasteiger partial charge in [-0.2, -0.15) is 0 Å². The van der Waals surface area contributed by atoms with Crippen LogP contribution in [0.4, 0.5) is 4.79 Å². The molecule has 0 aromatic heterocycles. The number of urea groups is 1. The van der Waals surface area contributed by atoms with Crippen LogP contribution in [0.15, 0.2) is 30.3 Å². The van der Waals surface area contributed by atoms with Crippen molar-refractivity contribution in [3.05, 3.63) is 30.3 Å². The quantitative estimate of drug-likeness (QED) is 0.374. The second-order valence-electron chi connectivity index (χ2n) is 7.61. The van der Waals surface area contributed by atoms with Crippen LogP contribution >= 0.6 is 0 Å². The first kappa shape index (κ1) is 21.6. The summed E-state index contributed by atoms with van der Waals surface area (Å²) in [5.74, 6) is -0.993. The van der Waals surface area contributed by atoms with E-state index in [1.807, 2.05) is 25.1 Å². The summed E-state index contributed by atoms with van der Waals surface area (Å²) in [6.07, 6.45) is 3.28. The molecule has 2 atom stereocenters. The lowest BCUT2D eigenvalue weighted by molar-refractivity contribution is -0.151. The summed E-state index contributed by atoms with van der Waals surface area (Å²) < 4.78 is 10.4. The van der Waals surface area contributed by atoms with Gasteiger partial charge in [0.1, 0.15) is 24.4 Å². The first-order chi connectivity index (χ1) is 14.4. The monoisotopic (exact) mass is 417 g/mol. The topological polar surface area (TPSA) is 114 Å². The van der Waals surface area contributed by atoms with Gasteiger partial charge in [-0.1, -0.05) is 38.0 Å². The fourth-order valence-corrected chi connectivity index (χ4v) is 3.89. The molecule has 162 valence electrons. The number of benzene rings is 1. The van der Waals surface area contributed by atoms with Crippen molar-refractivity contribution < 1.29 is 28.7 Å². The van der Waals surface area contributed by atoms with Crippen molar-refractivity contribution in [2.45, 2.75) is 38.1 Å². The van der Waals surface area contributed by atoms with E-state index in [4.69, 9.17) is 9.47 Å². The fraction of sp³-hybridized carbons (Fsp3) is 0.524. The van der Waals surface area contributed by atoms with Gasteiger partial charge in [0.15, 0.2) is 6.61 Å². The zero-order chi connectivity index (χ0) is 21.6. The molecule has 2 fully saturated rings. The Hall–Kier alpha value is -3.10. The van der Waals surface area contributed by atoms with Gasteiger partial charge in [-0.25, -0.2) is 4.79 Å². The number of rotatable bonds is 8. The third-order valence-corrected chi connectivity index (χ3v) is 5.59. The van der Waals surface area contributed by atoms with E-state index in [0.29, 0.717) is 12.2 Å². The van der Waals surface area contributed by atoms with Gasteiger partial charge >= 0.3 is 12.0 Å². The van der Waals surface area contributed by atoms with Crippen LogP contribution in [0.5, 0.6) is 5.75 Å². The van der Waals surface area contributed by atoms with Gasteiger partial charge < -0.3 is 20.1 Å². The Balaban J connectivity index is 1.38. The van der Waals surface area contributed by atoms with Crippen LogP contribution in [0.1, 0.15) is 32.6 Å². The summed E-state index contributed by atoms with van der Waals surface area (Å²) in [4.78, 5) is 49.8. The molecule has 0 unspecified atom stereocenters. The number of esters is 1. The number of carbonyl (C=O) groups excluding carboxylic acids is 4. The molecule has 1 heterocycles. The van der Waals surface area contributed by atoms with E-state index in [9.17, 15) is 19.2 Å². The summed E-state index contributed by atoms with van der Waals surface area (Å²) in [6.45, 7) is 1.45. The Bertz CT molecular complexity index is 799. The van der Waals surface area contributed by atoms with E-state index in [1.54, 1.807) is 12.1 Å². The molecule has 0 radical (unpaired) electrons. The van der Waals surface area contributed by atoms with E-state index < -0.39 is 36.6 Å². The molecule has 1 aliphatic carbocycles. The lowest BCUT2D eigenvalue weighted by atomic mass is 9.73. The fourth-order valence-electron chi connectivity index (χ4n) is 3.89. The van der Waals surface area contributed by atoms with Crippen molar-refractivity contribution in [2.75, 3.05) is 26.3 Å². The maximum Gasteiger partial charge on any atom is 0.326 e. The standard InChI is InChI=1S/C21H27N3O6/c1-15-7-5-6-10-21(15)19(27)24(20(28)23-21)13-18(26)30-14-17(25)22-11-12-29-16-8-3-2-4-9-16/h2-4,8-9,15H,5-7,10-14H2,1H3,(H,22,25)(H,23,28)/t15-,21-/m0/s1. The zero-order valence-corrected chi connectivity index (χ0v) is 17.0. The molecular formula is C21H27N3O6. The molecule has 1 aromatic rings. The number of para-hydroxylation sites is 1. The lowest BCUT2D eigenvalue weighted by Crippen LogP contribution is -2.54. The van der Waals surface area contributed by atoms with Crippen molar-refractivity contribution in [1.29, 1.82) is 0 Å². The lowest BCUT2D eigenvalue weighted by Gasteiger charge is -2.36. The Labute approximate surface area is 175 Å². The Morgan fingerprint density at radius 2 is 2.00 bits per heavy atom. The number of hydrogen-bond acceptors (Lipinski definition) is 6. The first-order valence-corrected chi connectivity index (χ1v) is 10.2. The minimum Gasteiger partial charge on any atom is -0.492 e. The summed E-state index contributed by atoms with van der Waals surface area (Å²) in [7, 11) is 0. The smallest absolute Gasteiger partial charge is 0.326 e. The highest BCUT2D eigenvalue weighted by atomic mass is 16.5. The highest BCUT2D eigenvalue weighted by Gasteiger charge is 2.55. The summed E-state index contributed by atoms with van der Waals surface area (Å²) in [5, 5.41) is 5.34. The third-order valence-electron chi connectivity index (χ3n) is 5.59. The number of amides is 4. The molecule has 0 bridgehead atoms. The second-order valence-corrected chi connectivity index (χ2v) is 7.61. The summed E-state index contributed by atoms with van der Waals surface area (Å²) >= 11 is 0. The van der Waals surface area contributed by atoms with Gasteiger partial charge in [0.2, 0.25) is 0 Å². The molecule has 2 aliphatic rings. The predicted molar refractivity (Wildman–Crippen MR) is 107 cm³/mol. The van der Waals surface area contributed by atoms with Gasteiger partial charge in [0.05, 0.1) is 6.54 Å². The van der Waals surface area contributed by atoms with Crippen LogP contribution in [0, 0.1) is 5.92 Å². The molecule has 9 heteroatoms. The minimum atomic E-state index is -0.925. The number of imide groups is 1. The van der Waals surface area contributed by atoms with Crippen LogP contribution in [-0.4, -0.2) is 60.6 Å². The molecule has 1 saturated heterocycles. The van der Waals surface area contributed by atoms with Crippen molar-refractivity contribution in [2.24, 2.45) is 5.92 Å². The highest BCUT2D eigenvalue weighted by Crippen LogP contribution is 2.38. The van der Waals surface area contributed by atoms with Crippen molar-refractivity contribution in [3.63, 3.8) is 0 Å². The average molecular weight is 417 g/mol. The largest absolute Gasteiger partial charge is 0.492 e. The summed E-state index contributed by atoms with van der Waals surface area (Å²) in [6, 6.07) is 8.58. The Kier molecular flexibility index (Phi) is 6.91. The van der Waals surface area contributed by atoms with E-state index in [1.165, 1.54) is 0 Å². The third kappa shape index (κ3) is 4.90. The molecule has 3 rings (SSSR count). The van der Waals surface area contributed by atoms with Crippen LogP contribution in [-0.2, 0) is 19.1 Å². The Morgan fingerprint density at radius 3 is 2.73 bits per heavy atom.